The van der Waals surface area contributed by atoms with Crippen LogP contribution >= 0.6 is 23.2 Å². The van der Waals surface area contributed by atoms with E-state index in [0.717, 1.165) is 16.7 Å². The summed E-state index contributed by atoms with van der Waals surface area (Å²) >= 11 is 12.1. The summed E-state index contributed by atoms with van der Waals surface area (Å²) in [6, 6.07) is 20.5. The van der Waals surface area contributed by atoms with Crippen molar-refractivity contribution in [2.24, 2.45) is 0 Å². The van der Waals surface area contributed by atoms with E-state index in [4.69, 9.17) is 37.4 Å². The maximum Gasteiger partial charge on any atom is 0.231 e. The number of rotatable bonds is 5. The zero-order valence-corrected chi connectivity index (χ0v) is 16.7. The second-order valence-electron chi connectivity index (χ2n) is 6.33. The third-order valence-corrected chi connectivity index (χ3v) is 4.99. The van der Waals surface area contributed by atoms with Gasteiger partial charge < -0.3 is 14.2 Å². The van der Waals surface area contributed by atoms with Gasteiger partial charge in [-0.25, -0.2) is 0 Å². The molecule has 0 fully saturated rings. The zero-order valence-electron chi connectivity index (χ0n) is 15.2. The van der Waals surface area contributed by atoms with Crippen LogP contribution in [0.3, 0.4) is 0 Å². The van der Waals surface area contributed by atoms with Crippen molar-refractivity contribution in [2.45, 2.75) is 6.61 Å². The van der Waals surface area contributed by atoms with Gasteiger partial charge in [0.1, 0.15) is 12.4 Å². The van der Waals surface area contributed by atoms with Crippen molar-refractivity contribution in [3.8, 4) is 23.3 Å². The molecule has 0 amide bonds. The topological polar surface area (TPSA) is 51.5 Å². The molecule has 0 aromatic heterocycles. The van der Waals surface area contributed by atoms with E-state index in [-0.39, 0.29) is 6.79 Å². The molecule has 0 atom stereocenters. The van der Waals surface area contributed by atoms with E-state index in [1.807, 2.05) is 54.6 Å². The molecule has 1 aliphatic rings. The Labute approximate surface area is 178 Å². The molecule has 0 radical (unpaired) electrons. The minimum absolute atomic E-state index is 0.201. The van der Waals surface area contributed by atoms with Gasteiger partial charge in [-0.05, 0) is 59.7 Å². The van der Waals surface area contributed by atoms with Crippen LogP contribution in [0, 0.1) is 11.3 Å². The number of hydrogen-bond donors (Lipinski definition) is 0. The van der Waals surface area contributed by atoms with Crippen molar-refractivity contribution in [3.63, 3.8) is 0 Å². The van der Waals surface area contributed by atoms with Crippen LogP contribution in [-0.4, -0.2) is 6.79 Å². The summed E-state index contributed by atoms with van der Waals surface area (Å²) < 4.78 is 16.5. The lowest BCUT2D eigenvalue weighted by molar-refractivity contribution is 0.174. The van der Waals surface area contributed by atoms with E-state index >= 15 is 0 Å². The Bertz CT molecular complexity index is 1120. The molecule has 29 heavy (non-hydrogen) atoms. The molecule has 0 N–H and O–H groups in total. The van der Waals surface area contributed by atoms with Crippen molar-refractivity contribution in [1.82, 2.24) is 0 Å². The van der Waals surface area contributed by atoms with Crippen molar-refractivity contribution >= 4 is 34.9 Å². The lowest BCUT2D eigenvalue weighted by atomic mass is 10.0. The predicted octanol–water partition coefficient (Wildman–Crippen LogP) is 6.37. The average molecular weight is 424 g/mol. The third kappa shape index (κ3) is 4.48. The van der Waals surface area contributed by atoms with Gasteiger partial charge in [0.2, 0.25) is 6.79 Å². The molecule has 0 aliphatic carbocycles. The fourth-order valence-corrected chi connectivity index (χ4v) is 3.33. The Hall–Kier alpha value is -3.13. The quantitative estimate of drug-likeness (QED) is 0.353. The molecule has 6 heteroatoms. The molecule has 3 aromatic rings. The smallest absolute Gasteiger partial charge is 0.231 e. The number of allylic oxidation sites excluding steroid dienone is 1. The number of nitrogens with zero attached hydrogens (tertiary/aromatic N) is 1. The SMILES string of the molecule is N#C/C(=C/c1ccc(OCc2ccc(Cl)cc2Cl)cc1)c1ccc2c(c1)OCO2. The first-order valence-corrected chi connectivity index (χ1v) is 9.56. The number of ether oxygens (including phenoxy) is 3. The summed E-state index contributed by atoms with van der Waals surface area (Å²) in [6.07, 6.45) is 1.82. The lowest BCUT2D eigenvalue weighted by Crippen LogP contribution is -1.96. The normalized spacial score (nSPS) is 12.5. The Balaban J connectivity index is 1.47. The molecule has 0 saturated heterocycles. The average Bonchev–Trinajstić information content (AvgIpc) is 3.20. The second-order valence-corrected chi connectivity index (χ2v) is 7.17. The van der Waals surface area contributed by atoms with Crippen molar-refractivity contribution in [3.05, 3.63) is 87.4 Å². The maximum atomic E-state index is 9.56. The van der Waals surface area contributed by atoms with Gasteiger partial charge in [-0.1, -0.05) is 41.4 Å². The van der Waals surface area contributed by atoms with Crippen molar-refractivity contribution < 1.29 is 14.2 Å². The van der Waals surface area contributed by atoms with Crippen molar-refractivity contribution in [1.29, 1.82) is 5.26 Å². The summed E-state index contributed by atoms with van der Waals surface area (Å²) in [7, 11) is 0. The molecule has 0 spiro atoms. The van der Waals surface area contributed by atoms with Gasteiger partial charge in [-0.3, -0.25) is 0 Å². The van der Waals surface area contributed by atoms with Crippen LogP contribution in [0.15, 0.2) is 60.7 Å². The Morgan fingerprint density at radius 2 is 1.79 bits per heavy atom. The molecule has 1 aliphatic heterocycles. The zero-order chi connectivity index (χ0) is 20.2. The van der Waals surface area contributed by atoms with Gasteiger partial charge in [-0.15, -0.1) is 0 Å². The highest BCUT2D eigenvalue weighted by molar-refractivity contribution is 6.35. The molecule has 4 rings (SSSR count). The Morgan fingerprint density at radius 3 is 2.55 bits per heavy atom. The van der Waals surface area contributed by atoms with Crippen LogP contribution in [0.2, 0.25) is 10.0 Å². The molecule has 3 aromatic carbocycles. The van der Waals surface area contributed by atoms with E-state index in [0.29, 0.717) is 39.5 Å². The highest BCUT2D eigenvalue weighted by Crippen LogP contribution is 2.34. The first kappa shape index (κ1) is 19.2. The van der Waals surface area contributed by atoms with Gasteiger partial charge in [0, 0.05) is 15.6 Å². The van der Waals surface area contributed by atoms with Crippen LogP contribution < -0.4 is 14.2 Å². The minimum atomic E-state index is 0.201. The van der Waals surface area contributed by atoms with Gasteiger partial charge in [0.25, 0.3) is 0 Å². The van der Waals surface area contributed by atoms with Crippen LogP contribution in [-0.2, 0) is 6.61 Å². The molecule has 1 heterocycles. The summed E-state index contributed by atoms with van der Waals surface area (Å²) in [5, 5.41) is 10.7. The molecule has 4 nitrogen and oxygen atoms in total. The number of nitriles is 1. The predicted molar refractivity (Wildman–Crippen MR) is 113 cm³/mol. The monoisotopic (exact) mass is 423 g/mol. The summed E-state index contributed by atoms with van der Waals surface area (Å²) in [5.41, 5.74) is 3.05. The van der Waals surface area contributed by atoms with Gasteiger partial charge in [0.05, 0.1) is 11.6 Å². The van der Waals surface area contributed by atoms with Gasteiger partial charge >= 0.3 is 0 Å². The van der Waals surface area contributed by atoms with E-state index in [1.165, 1.54) is 0 Å². The molecular formula is C23H15Cl2NO3. The molecule has 144 valence electrons. The highest BCUT2D eigenvalue weighted by atomic mass is 35.5. The lowest BCUT2D eigenvalue weighted by Gasteiger charge is -2.08. The highest BCUT2D eigenvalue weighted by Gasteiger charge is 2.14. The first-order chi connectivity index (χ1) is 14.1. The van der Waals surface area contributed by atoms with E-state index in [9.17, 15) is 5.26 Å². The summed E-state index contributed by atoms with van der Waals surface area (Å²) in [4.78, 5) is 0. The van der Waals surface area contributed by atoms with E-state index < -0.39 is 0 Å². The maximum absolute atomic E-state index is 9.56. The van der Waals surface area contributed by atoms with Crippen LogP contribution in [0.25, 0.3) is 11.6 Å². The first-order valence-electron chi connectivity index (χ1n) is 8.81. The van der Waals surface area contributed by atoms with Crippen LogP contribution in [0.1, 0.15) is 16.7 Å². The molecule has 0 bridgehead atoms. The van der Waals surface area contributed by atoms with E-state index in [1.54, 1.807) is 12.1 Å². The number of halogens is 2. The van der Waals surface area contributed by atoms with E-state index in [2.05, 4.69) is 6.07 Å². The summed E-state index contributed by atoms with van der Waals surface area (Å²) in [6.45, 7) is 0.541. The Kier molecular flexibility index (Phi) is 5.62. The van der Waals surface area contributed by atoms with Gasteiger partial charge in [0.15, 0.2) is 11.5 Å². The standard InChI is InChI=1S/C23H15Cl2NO3/c24-19-5-3-17(21(25)11-19)13-27-20-6-1-15(2-7-20)9-18(12-26)16-4-8-22-23(10-16)29-14-28-22/h1-11H,13-14H2/b18-9-. The number of benzene rings is 3. The Morgan fingerprint density at radius 1 is 1.00 bits per heavy atom. The van der Waals surface area contributed by atoms with Crippen molar-refractivity contribution in [2.75, 3.05) is 6.79 Å². The largest absolute Gasteiger partial charge is 0.489 e. The second kappa shape index (κ2) is 8.48. The minimum Gasteiger partial charge on any atom is -0.489 e. The molecular weight excluding hydrogens is 409 g/mol. The number of hydrogen-bond acceptors (Lipinski definition) is 4. The summed E-state index contributed by atoms with van der Waals surface area (Å²) in [5.74, 6) is 2.04. The third-order valence-electron chi connectivity index (χ3n) is 4.40. The van der Waals surface area contributed by atoms with Crippen LogP contribution in [0.5, 0.6) is 17.2 Å². The fourth-order valence-electron chi connectivity index (χ4n) is 2.87. The molecule has 0 saturated carbocycles. The van der Waals surface area contributed by atoms with Crippen LogP contribution in [0.4, 0.5) is 0 Å². The van der Waals surface area contributed by atoms with Gasteiger partial charge in [-0.2, -0.15) is 5.26 Å². The number of fused-ring (bicyclic) bond motifs is 1. The fraction of sp³-hybridized carbons (Fsp3) is 0.0870. The molecule has 0 unspecified atom stereocenters.